The molecule has 0 unspecified atom stereocenters. The lowest BCUT2D eigenvalue weighted by atomic mass is 10.2. The maximum absolute atomic E-state index is 12.2. The molecule has 3 amide bonds. The van der Waals surface area contributed by atoms with Crippen LogP contribution in [0.25, 0.3) is 0 Å². The number of thioether (sulfide) groups is 1. The number of benzene rings is 1. The second kappa shape index (κ2) is 7.86. The van der Waals surface area contributed by atoms with Gasteiger partial charge in [-0.3, -0.25) is 25.2 Å². The van der Waals surface area contributed by atoms with E-state index in [0.29, 0.717) is 0 Å². The third kappa shape index (κ3) is 7.04. The van der Waals surface area contributed by atoms with E-state index in [1.165, 1.54) is 12.1 Å². The fourth-order valence-corrected chi connectivity index (χ4v) is 1.92. The van der Waals surface area contributed by atoms with Gasteiger partial charge >= 0.3 is 17.3 Å². The van der Waals surface area contributed by atoms with Gasteiger partial charge in [-0.2, -0.15) is 13.2 Å². The van der Waals surface area contributed by atoms with E-state index in [1.807, 2.05) is 10.9 Å². The van der Waals surface area contributed by atoms with Gasteiger partial charge in [-0.05, 0) is 49.9 Å². The zero-order valence-corrected chi connectivity index (χ0v) is 13.0. The summed E-state index contributed by atoms with van der Waals surface area (Å²) in [6.07, 6.45) is 0. The summed E-state index contributed by atoms with van der Waals surface area (Å²) in [5.41, 5.74) is -0.491. The first-order valence-electron chi connectivity index (χ1n) is 6.35. The van der Waals surface area contributed by atoms with Gasteiger partial charge < -0.3 is 5.32 Å². The van der Waals surface area contributed by atoms with Crippen LogP contribution < -0.4 is 16.2 Å². The lowest BCUT2D eigenvalue weighted by molar-refractivity contribution is -0.139. The number of hydrazine groups is 1. The summed E-state index contributed by atoms with van der Waals surface area (Å²) >= 11 is -0.305. The number of rotatable bonds is 3. The lowest BCUT2D eigenvalue weighted by Crippen LogP contribution is -2.49. The Bertz CT molecular complexity index is 588. The number of halogens is 3. The van der Waals surface area contributed by atoms with Crippen LogP contribution in [0.1, 0.15) is 24.2 Å². The first kappa shape index (κ1) is 18.8. The van der Waals surface area contributed by atoms with Crippen molar-refractivity contribution in [1.29, 1.82) is 0 Å². The minimum atomic E-state index is -4.42. The van der Waals surface area contributed by atoms with E-state index in [4.69, 9.17) is 0 Å². The molecular weight excluding hydrogens is 335 g/mol. The molecule has 0 heterocycles. The van der Waals surface area contributed by atoms with Crippen LogP contribution in [0.2, 0.25) is 0 Å². The van der Waals surface area contributed by atoms with Crippen LogP contribution in [-0.2, 0) is 9.59 Å². The third-order valence-electron chi connectivity index (χ3n) is 2.27. The summed E-state index contributed by atoms with van der Waals surface area (Å²) in [5, 5.41) is 2.32. The lowest BCUT2D eigenvalue weighted by Gasteiger charge is -2.10. The summed E-state index contributed by atoms with van der Waals surface area (Å²) in [5.74, 6) is -2.74. The predicted molar refractivity (Wildman–Crippen MR) is 77.2 cm³/mol. The molecule has 10 heteroatoms. The normalized spacial score (nSPS) is 11.0. The molecule has 0 saturated carbocycles. The van der Waals surface area contributed by atoms with Crippen LogP contribution in [0.4, 0.5) is 13.2 Å². The third-order valence-corrected chi connectivity index (χ3v) is 3.00. The predicted octanol–water partition coefficient (Wildman–Crippen LogP) is 1.58. The van der Waals surface area contributed by atoms with E-state index in [2.05, 4.69) is 5.32 Å². The van der Waals surface area contributed by atoms with Crippen molar-refractivity contribution < 1.29 is 27.6 Å². The van der Waals surface area contributed by atoms with Crippen LogP contribution >= 0.6 is 11.8 Å². The Morgan fingerprint density at radius 1 is 1.00 bits per heavy atom. The van der Waals surface area contributed by atoms with Crippen LogP contribution in [0.15, 0.2) is 29.2 Å². The Kier molecular flexibility index (Phi) is 6.43. The van der Waals surface area contributed by atoms with E-state index < -0.39 is 23.2 Å². The molecule has 1 rings (SSSR count). The monoisotopic (exact) mass is 349 g/mol. The summed E-state index contributed by atoms with van der Waals surface area (Å²) in [7, 11) is 0. The topological polar surface area (TPSA) is 87.3 Å². The highest BCUT2D eigenvalue weighted by Crippen LogP contribution is 2.36. The van der Waals surface area contributed by atoms with Crippen LogP contribution in [0.3, 0.4) is 0 Å². The molecule has 0 spiro atoms. The standard InChI is InChI=1S/C13H14F3N3O3S/c1-7(2)17-11(21)12(22)19-18-10(20)8-3-5-9(6-4-8)23-13(14,15)16/h3-7H,1-2H3,(H,17,21)(H,18,20)(H,19,22). The van der Waals surface area contributed by atoms with Crippen molar-refractivity contribution in [3.05, 3.63) is 29.8 Å². The molecule has 0 radical (unpaired) electrons. The van der Waals surface area contributed by atoms with E-state index in [1.54, 1.807) is 13.8 Å². The Labute approximate surface area is 134 Å². The number of amides is 3. The highest BCUT2D eigenvalue weighted by molar-refractivity contribution is 8.00. The van der Waals surface area contributed by atoms with Crippen molar-refractivity contribution in [2.45, 2.75) is 30.3 Å². The average molecular weight is 349 g/mol. The van der Waals surface area contributed by atoms with Gasteiger partial charge in [0.05, 0.1) is 0 Å². The number of alkyl halides is 3. The molecule has 0 aliphatic rings. The summed E-state index contributed by atoms with van der Waals surface area (Å²) in [6, 6.07) is 4.34. The Hall–Kier alpha value is -2.23. The number of carbonyl (C=O) groups is 3. The summed E-state index contributed by atoms with van der Waals surface area (Å²) < 4.78 is 36.5. The van der Waals surface area contributed by atoms with Crippen molar-refractivity contribution in [3.63, 3.8) is 0 Å². The molecular formula is C13H14F3N3O3S. The molecule has 1 aromatic rings. The van der Waals surface area contributed by atoms with E-state index in [9.17, 15) is 27.6 Å². The maximum Gasteiger partial charge on any atom is 0.446 e. The second-order valence-electron chi connectivity index (χ2n) is 4.61. The largest absolute Gasteiger partial charge is 0.446 e. The van der Waals surface area contributed by atoms with Gasteiger partial charge in [0, 0.05) is 16.5 Å². The first-order chi connectivity index (χ1) is 10.6. The molecule has 23 heavy (non-hydrogen) atoms. The fraction of sp³-hybridized carbons (Fsp3) is 0.308. The second-order valence-corrected chi connectivity index (χ2v) is 5.75. The molecule has 126 valence electrons. The molecule has 0 fully saturated rings. The SMILES string of the molecule is CC(C)NC(=O)C(=O)NNC(=O)c1ccc(SC(F)(F)F)cc1. The molecule has 0 aromatic heterocycles. The van der Waals surface area contributed by atoms with Crippen molar-refractivity contribution in [3.8, 4) is 0 Å². The molecule has 3 N–H and O–H groups in total. The van der Waals surface area contributed by atoms with Gasteiger partial charge in [-0.15, -0.1) is 0 Å². The number of carbonyl (C=O) groups excluding carboxylic acids is 3. The highest BCUT2D eigenvalue weighted by Gasteiger charge is 2.29. The Morgan fingerprint density at radius 3 is 2.04 bits per heavy atom. The molecule has 6 nitrogen and oxygen atoms in total. The number of nitrogens with one attached hydrogen (secondary N) is 3. The van der Waals surface area contributed by atoms with Crippen molar-refractivity contribution in [2.24, 2.45) is 0 Å². The zero-order chi connectivity index (χ0) is 17.6. The summed E-state index contributed by atoms with van der Waals surface area (Å²) in [4.78, 5) is 34.3. The van der Waals surface area contributed by atoms with Gasteiger partial charge in [0.2, 0.25) is 0 Å². The van der Waals surface area contributed by atoms with Gasteiger partial charge in [0.25, 0.3) is 5.91 Å². The Morgan fingerprint density at radius 2 is 1.57 bits per heavy atom. The number of hydrogen-bond acceptors (Lipinski definition) is 4. The fourth-order valence-electron chi connectivity index (χ4n) is 1.38. The van der Waals surface area contributed by atoms with Gasteiger partial charge in [-0.1, -0.05) is 0 Å². The summed E-state index contributed by atoms with van der Waals surface area (Å²) in [6.45, 7) is 3.31. The quantitative estimate of drug-likeness (QED) is 0.439. The zero-order valence-electron chi connectivity index (χ0n) is 12.2. The minimum Gasteiger partial charge on any atom is -0.346 e. The van der Waals surface area contributed by atoms with Crippen LogP contribution in [-0.4, -0.2) is 29.3 Å². The van der Waals surface area contributed by atoms with Crippen molar-refractivity contribution in [1.82, 2.24) is 16.2 Å². The minimum absolute atomic E-state index is 0.0288. The van der Waals surface area contributed by atoms with Gasteiger partial charge in [-0.25, -0.2) is 0 Å². The van der Waals surface area contributed by atoms with Crippen molar-refractivity contribution >= 4 is 29.5 Å². The molecule has 0 aliphatic carbocycles. The van der Waals surface area contributed by atoms with Crippen LogP contribution in [0, 0.1) is 0 Å². The first-order valence-corrected chi connectivity index (χ1v) is 7.17. The number of hydrogen-bond donors (Lipinski definition) is 3. The van der Waals surface area contributed by atoms with Gasteiger partial charge in [0.15, 0.2) is 0 Å². The average Bonchev–Trinajstić information content (AvgIpc) is 2.42. The molecule has 0 aliphatic heterocycles. The van der Waals surface area contributed by atoms with Crippen LogP contribution in [0.5, 0.6) is 0 Å². The molecule has 0 saturated heterocycles. The van der Waals surface area contributed by atoms with E-state index in [-0.39, 0.29) is 28.3 Å². The van der Waals surface area contributed by atoms with Crippen molar-refractivity contribution in [2.75, 3.05) is 0 Å². The molecule has 1 aromatic carbocycles. The van der Waals surface area contributed by atoms with Gasteiger partial charge in [0.1, 0.15) is 0 Å². The Balaban J connectivity index is 2.55. The van der Waals surface area contributed by atoms with E-state index >= 15 is 0 Å². The highest BCUT2D eigenvalue weighted by atomic mass is 32.2. The smallest absolute Gasteiger partial charge is 0.346 e. The maximum atomic E-state index is 12.2. The van der Waals surface area contributed by atoms with E-state index in [0.717, 1.165) is 12.1 Å². The molecule has 0 bridgehead atoms. The molecule has 0 atom stereocenters.